The van der Waals surface area contributed by atoms with E-state index in [1.807, 2.05) is 12.1 Å². The number of ether oxygens (including phenoxy) is 2. The van der Waals surface area contributed by atoms with Gasteiger partial charge in [-0.25, -0.2) is 0 Å². The van der Waals surface area contributed by atoms with E-state index < -0.39 is 23.8 Å². The number of carbonyl (C=O) groups is 3. The fraction of sp³-hybridized carbons (Fsp3) is 0.357. The van der Waals surface area contributed by atoms with Crippen LogP contribution in [0.4, 0.5) is 11.4 Å². The third-order valence-corrected chi connectivity index (χ3v) is 7.53. The van der Waals surface area contributed by atoms with Crippen molar-refractivity contribution >= 4 is 40.6 Å². The van der Waals surface area contributed by atoms with Crippen molar-refractivity contribution in [2.45, 2.75) is 44.8 Å². The first-order chi connectivity index (χ1) is 18.7. The lowest BCUT2D eigenvalue weighted by Crippen LogP contribution is -2.45. The van der Waals surface area contributed by atoms with Gasteiger partial charge >= 0.3 is 0 Å². The van der Waals surface area contributed by atoms with E-state index in [-0.39, 0.29) is 28.3 Å². The lowest BCUT2D eigenvalue weighted by atomic mass is 10.00. The molecule has 1 aliphatic rings. The lowest BCUT2D eigenvalue weighted by Gasteiger charge is -2.32. The van der Waals surface area contributed by atoms with E-state index in [0.29, 0.717) is 30.2 Å². The number of anilines is 2. The minimum atomic E-state index is -1.08. The van der Waals surface area contributed by atoms with Crippen LogP contribution in [-0.4, -0.2) is 48.5 Å². The Morgan fingerprint density at radius 1 is 1.13 bits per heavy atom. The van der Waals surface area contributed by atoms with Crippen LogP contribution in [0.15, 0.2) is 48.5 Å². The number of benzene rings is 2. The summed E-state index contributed by atoms with van der Waals surface area (Å²) in [5.74, 6) is -0.936. The topological polar surface area (TPSA) is 150 Å². The maximum Gasteiger partial charge on any atom is 0.273 e. The molecule has 3 amide bonds. The molecule has 11 heteroatoms. The molecule has 1 fully saturated rings. The third-order valence-electron chi connectivity index (χ3n) is 6.68. The van der Waals surface area contributed by atoms with Gasteiger partial charge in [-0.2, -0.15) is 4.37 Å². The third kappa shape index (κ3) is 6.21. The molecule has 0 radical (unpaired) electrons. The zero-order valence-electron chi connectivity index (χ0n) is 22.2. The molecule has 5 N–H and O–H groups in total. The summed E-state index contributed by atoms with van der Waals surface area (Å²) in [5, 5.41) is 2.97. The summed E-state index contributed by atoms with van der Waals surface area (Å²) in [5.41, 5.74) is 13.4. The summed E-state index contributed by atoms with van der Waals surface area (Å²) in [6.07, 6.45) is 1.69. The second-order valence-corrected chi connectivity index (χ2v) is 10.4. The molecule has 0 unspecified atom stereocenters. The van der Waals surface area contributed by atoms with Gasteiger partial charge in [-0.3, -0.25) is 19.3 Å². The smallest absolute Gasteiger partial charge is 0.273 e. The minimum Gasteiger partial charge on any atom is -0.497 e. The van der Waals surface area contributed by atoms with E-state index in [4.69, 9.17) is 20.9 Å². The predicted octanol–water partition coefficient (Wildman–Crippen LogP) is 3.64. The molecule has 1 aliphatic heterocycles. The average molecular weight is 552 g/mol. The first kappa shape index (κ1) is 28.1. The molecular weight excluding hydrogens is 518 g/mol. The van der Waals surface area contributed by atoms with Crippen molar-refractivity contribution in [2.24, 2.45) is 5.73 Å². The molecule has 3 aromatic rings. The fourth-order valence-electron chi connectivity index (χ4n) is 4.46. The van der Waals surface area contributed by atoms with Gasteiger partial charge in [0, 0.05) is 18.8 Å². The van der Waals surface area contributed by atoms with Crippen molar-refractivity contribution in [1.29, 1.82) is 0 Å². The Hall–Kier alpha value is -3.96. The number of hydrogen-bond acceptors (Lipinski definition) is 8. The molecular formula is C28H33N5O5S. The normalized spacial score (nSPS) is 15.6. The van der Waals surface area contributed by atoms with Crippen LogP contribution in [0.2, 0.25) is 0 Å². The van der Waals surface area contributed by atoms with Gasteiger partial charge in [0.1, 0.15) is 16.7 Å². The van der Waals surface area contributed by atoms with Crippen molar-refractivity contribution in [3.63, 3.8) is 0 Å². The molecule has 4 rings (SSSR count). The molecule has 0 spiro atoms. The van der Waals surface area contributed by atoms with Gasteiger partial charge in [-0.05, 0) is 65.7 Å². The maximum absolute atomic E-state index is 14.2. The standard InChI is InChI=1S/C28H33N5O5S/c1-16(2)17-6-10-19(11-7-17)33(28(36)25-22(29)23(26(30)34)32-39-25)24(18-8-12-20(37-3)13-9-18)27(35)31-15-21-5-4-14-38-21/h6-13,16,21,24H,4-5,14-15,29H2,1-3H3,(H2,30,34)(H,31,35)/t21-,24+/m0/s1. The van der Waals surface area contributed by atoms with Crippen molar-refractivity contribution in [3.05, 3.63) is 70.2 Å². The summed E-state index contributed by atoms with van der Waals surface area (Å²) in [6, 6.07) is 13.3. The zero-order valence-corrected chi connectivity index (χ0v) is 23.0. The van der Waals surface area contributed by atoms with Crippen LogP contribution in [0.1, 0.15) is 69.9 Å². The quantitative estimate of drug-likeness (QED) is 0.348. The van der Waals surface area contributed by atoms with Crippen molar-refractivity contribution in [1.82, 2.24) is 9.69 Å². The molecule has 1 aromatic heterocycles. The van der Waals surface area contributed by atoms with Crippen LogP contribution in [0.3, 0.4) is 0 Å². The van der Waals surface area contributed by atoms with Gasteiger partial charge < -0.3 is 26.3 Å². The summed E-state index contributed by atoms with van der Waals surface area (Å²) in [6.45, 7) is 5.11. The van der Waals surface area contributed by atoms with Crippen molar-refractivity contribution in [3.8, 4) is 5.75 Å². The molecule has 2 aromatic carbocycles. The summed E-state index contributed by atoms with van der Waals surface area (Å²) in [4.78, 5) is 41.2. The Labute approximate surface area is 231 Å². The highest BCUT2D eigenvalue weighted by Crippen LogP contribution is 2.34. The highest BCUT2D eigenvalue weighted by atomic mass is 32.1. The van der Waals surface area contributed by atoms with E-state index in [0.717, 1.165) is 29.9 Å². The van der Waals surface area contributed by atoms with Crippen LogP contribution >= 0.6 is 11.5 Å². The Morgan fingerprint density at radius 3 is 2.33 bits per heavy atom. The van der Waals surface area contributed by atoms with E-state index in [9.17, 15) is 14.4 Å². The number of primary amides is 1. The molecule has 2 heterocycles. The number of amides is 3. The number of nitrogen functional groups attached to an aromatic ring is 1. The summed E-state index contributed by atoms with van der Waals surface area (Å²) >= 11 is 0.769. The van der Waals surface area contributed by atoms with Gasteiger partial charge in [0.05, 0.1) is 18.9 Å². The molecule has 206 valence electrons. The zero-order chi connectivity index (χ0) is 28.1. The highest BCUT2D eigenvalue weighted by Gasteiger charge is 2.36. The molecule has 10 nitrogen and oxygen atoms in total. The second-order valence-electron chi connectivity index (χ2n) is 9.62. The fourth-order valence-corrected chi connectivity index (χ4v) is 5.20. The van der Waals surface area contributed by atoms with Crippen LogP contribution < -0.4 is 26.4 Å². The first-order valence-corrected chi connectivity index (χ1v) is 13.5. The Kier molecular flexibility index (Phi) is 8.82. The monoisotopic (exact) mass is 551 g/mol. The number of hydrogen-bond donors (Lipinski definition) is 3. The number of rotatable bonds is 10. The van der Waals surface area contributed by atoms with Gasteiger partial charge in [-0.15, -0.1) is 0 Å². The van der Waals surface area contributed by atoms with Gasteiger partial charge in [0.2, 0.25) is 5.91 Å². The lowest BCUT2D eigenvalue weighted by molar-refractivity contribution is -0.123. The number of methoxy groups -OCH3 is 1. The predicted molar refractivity (Wildman–Crippen MR) is 150 cm³/mol. The van der Waals surface area contributed by atoms with E-state index in [2.05, 4.69) is 23.5 Å². The number of nitrogens with one attached hydrogen (secondary N) is 1. The molecule has 1 saturated heterocycles. The van der Waals surface area contributed by atoms with Gasteiger partial charge in [0.25, 0.3) is 11.8 Å². The second kappa shape index (κ2) is 12.3. The Bertz CT molecular complexity index is 1320. The number of nitrogens with zero attached hydrogens (tertiary/aromatic N) is 2. The van der Waals surface area contributed by atoms with Crippen molar-refractivity contribution in [2.75, 3.05) is 30.9 Å². The van der Waals surface area contributed by atoms with E-state index >= 15 is 0 Å². The molecule has 0 aliphatic carbocycles. The first-order valence-electron chi connectivity index (χ1n) is 12.7. The number of nitrogens with two attached hydrogens (primary N) is 2. The Morgan fingerprint density at radius 2 is 1.79 bits per heavy atom. The highest BCUT2D eigenvalue weighted by molar-refractivity contribution is 7.09. The van der Waals surface area contributed by atoms with Crippen molar-refractivity contribution < 1.29 is 23.9 Å². The van der Waals surface area contributed by atoms with Gasteiger partial charge in [0.15, 0.2) is 5.69 Å². The molecule has 39 heavy (non-hydrogen) atoms. The molecule has 0 bridgehead atoms. The summed E-state index contributed by atoms with van der Waals surface area (Å²) in [7, 11) is 1.55. The van der Waals surface area contributed by atoms with Crippen LogP contribution in [0, 0.1) is 0 Å². The molecule has 2 atom stereocenters. The van der Waals surface area contributed by atoms with Gasteiger partial charge in [-0.1, -0.05) is 38.1 Å². The minimum absolute atomic E-state index is 0.0159. The largest absolute Gasteiger partial charge is 0.497 e. The summed E-state index contributed by atoms with van der Waals surface area (Å²) < 4.78 is 15.0. The molecule has 0 saturated carbocycles. The van der Waals surface area contributed by atoms with Crippen LogP contribution in [-0.2, 0) is 9.53 Å². The number of carbonyl (C=O) groups excluding carboxylic acids is 3. The SMILES string of the molecule is COc1ccc([C@H](C(=O)NC[C@@H]2CCCO2)N(C(=O)c2snc(C(N)=O)c2N)c2ccc(C(C)C)cc2)cc1. The number of aromatic nitrogens is 1. The average Bonchev–Trinajstić information content (AvgIpc) is 3.60. The van der Waals surface area contributed by atoms with Crippen LogP contribution in [0.5, 0.6) is 5.75 Å². The van der Waals surface area contributed by atoms with E-state index in [1.165, 1.54) is 4.90 Å². The Balaban J connectivity index is 1.81. The van der Waals surface area contributed by atoms with Crippen LogP contribution in [0.25, 0.3) is 0 Å². The maximum atomic E-state index is 14.2. The van der Waals surface area contributed by atoms with E-state index in [1.54, 1.807) is 43.5 Å².